The standard InChI is InChI=1S/C12H20/c1-4-9-10(2)8-12(9)7-5-6-11(10,12)3/h9H,4-8H2,1-3H3. The summed E-state index contributed by atoms with van der Waals surface area (Å²) in [7, 11) is 0. The van der Waals surface area contributed by atoms with Crippen LogP contribution in [0.1, 0.15) is 52.9 Å². The second-order valence-electron chi connectivity index (χ2n) is 5.90. The molecule has 0 aliphatic heterocycles. The monoisotopic (exact) mass is 164 g/mol. The number of hydrogen-bond acceptors (Lipinski definition) is 0. The Morgan fingerprint density at radius 1 is 1.25 bits per heavy atom. The molecule has 4 unspecified atom stereocenters. The summed E-state index contributed by atoms with van der Waals surface area (Å²) in [6.07, 6.45) is 7.60. The summed E-state index contributed by atoms with van der Waals surface area (Å²) in [4.78, 5) is 0. The lowest BCUT2D eigenvalue weighted by molar-refractivity contribution is -0.377. The molecule has 0 aromatic carbocycles. The fourth-order valence-corrected chi connectivity index (χ4v) is 5.60. The van der Waals surface area contributed by atoms with E-state index in [9.17, 15) is 0 Å². The van der Waals surface area contributed by atoms with Crippen molar-refractivity contribution in [1.29, 1.82) is 0 Å². The molecular weight excluding hydrogens is 144 g/mol. The van der Waals surface area contributed by atoms with E-state index < -0.39 is 0 Å². The maximum atomic E-state index is 2.57. The van der Waals surface area contributed by atoms with Gasteiger partial charge >= 0.3 is 0 Å². The first kappa shape index (κ1) is 7.41. The molecule has 0 aromatic heterocycles. The highest BCUT2D eigenvalue weighted by Crippen LogP contribution is 2.92. The van der Waals surface area contributed by atoms with Gasteiger partial charge < -0.3 is 0 Å². The first-order valence-electron chi connectivity index (χ1n) is 5.61. The molecule has 1 spiro atoms. The second kappa shape index (κ2) is 1.63. The summed E-state index contributed by atoms with van der Waals surface area (Å²) in [5.41, 5.74) is 2.38. The lowest BCUT2D eigenvalue weighted by Crippen LogP contribution is -2.79. The third-order valence-electron chi connectivity index (χ3n) is 6.19. The van der Waals surface area contributed by atoms with Crippen LogP contribution in [0.5, 0.6) is 0 Å². The van der Waals surface area contributed by atoms with E-state index in [-0.39, 0.29) is 0 Å². The normalized spacial score (nSPS) is 66.8. The van der Waals surface area contributed by atoms with Gasteiger partial charge in [-0.05, 0) is 41.4 Å². The summed E-state index contributed by atoms with van der Waals surface area (Å²) < 4.78 is 0. The molecule has 12 heavy (non-hydrogen) atoms. The Kier molecular flexibility index (Phi) is 1.00. The zero-order chi connectivity index (χ0) is 8.61. The predicted octanol–water partition coefficient (Wildman–Crippen LogP) is 3.61. The topological polar surface area (TPSA) is 0 Å². The van der Waals surface area contributed by atoms with Crippen molar-refractivity contribution in [3.05, 3.63) is 0 Å². The molecule has 0 amide bonds. The van der Waals surface area contributed by atoms with E-state index in [1.165, 1.54) is 19.3 Å². The quantitative estimate of drug-likeness (QED) is 0.555. The third kappa shape index (κ3) is 0.383. The van der Waals surface area contributed by atoms with Gasteiger partial charge in [-0.25, -0.2) is 0 Å². The smallest absolute Gasteiger partial charge is 0.0199 e. The molecule has 4 fully saturated rings. The first-order chi connectivity index (χ1) is 5.61. The molecule has 0 radical (unpaired) electrons. The first-order valence-corrected chi connectivity index (χ1v) is 5.61. The van der Waals surface area contributed by atoms with Gasteiger partial charge in [-0.15, -0.1) is 0 Å². The van der Waals surface area contributed by atoms with E-state index in [0.717, 1.165) is 22.2 Å². The zero-order valence-electron chi connectivity index (χ0n) is 8.61. The van der Waals surface area contributed by atoms with Crippen molar-refractivity contribution in [1.82, 2.24) is 0 Å². The minimum absolute atomic E-state index is 0.762. The van der Waals surface area contributed by atoms with Gasteiger partial charge in [0.1, 0.15) is 0 Å². The van der Waals surface area contributed by atoms with Crippen molar-refractivity contribution < 1.29 is 0 Å². The molecule has 68 valence electrons. The molecule has 0 heterocycles. The molecule has 0 heteroatoms. The number of hydrogen-bond donors (Lipinski definition) is 0. The van der Waals surface area contributed by atoms with Gasteiger partial charge in [-0.1, -0.05) is 33.6 Å². The van der Waals surface area contributed by atoms with E-state index in [2.05, 4.69) is 20.8 Å². The molecule has 0 aromatic rings. The SMILES string of the molecule is CCC1C2(C)CC13CCCC23C. The Labute approximate surface area is 75.7 Å². The van der Waals surface area contributed by atoms with Crippen molar-refractivity contribution in [3.8, 4) is 0 Å². The van der Waals surface area contributed by atoms with Crippen molar-refractivity contribution in [2.75, 3.05) is 0 Å². The van der Waals surface area contributed by atoms with Gasteiger partial charge in [0.05, 0.1) is 0 Å². The average molecular weight is 164 g/mol. The molecule has 2 bridgehead atoms. The maximum absolute atomic E-state index is 2.57. The number of rotatable bonds is 1. The predicted molar refractivity (Wildman–Crippen MR) is 50.9 cm³/mol. The van der Waals surface area contributed by atoms with Crippen molar-refractivity contribution >= 4 is 0 Å². The van der Waals surface area contributed by atoms with Crippen LogP contribution in [0.2, 0.25) is 0 Å². The molecule has 0 saturated heterocycles. The molecule has 4 atom stereocenters. The van der Waals surface area contributed by atoms with Gasteiger partial charge in [-0.3, -0.25) is 0 Å². The molecule has 0 N–H and O–H groups in total. The van der Waals surface area contributed by atoms with Crippen LogP contribution in [-0.2, 0) is 0 Å². The molecular formula is C12H20. The minimum atomic E-state index is 0.762. The van der Waals surface area contributed by atoms with Crippen LogP contribution in [0.3, 0.4) is 0 Å². The molecule has 4 aliphatic rings. The van der Waals surface area contributed by atoms with Gasteiger partial charge in [0.25, 0.3) is 0 Å². The van der Waals surface area contributed by atoms with E-state index in [1.54, 1.807) is 12.8 Å². The molecule has 4 aliphatic carbocycles. The fraction of sp³-hybridized carbons (Fsp3) is 1.00. The van der Waals surface area contributed by atoms with Crippen LogP contribution < -0.4 is 0 Å². The summed E-state index contributed by atoms with van der Waals surface area (Å²) >= 11 is 0. The van der Waals surface area contributed by atoms with Crippen LogP contribution in [0, 0.1) is 22.2 Å². The van der Waals surface area contributed by atoms with Crippen molar-refractivity contribution in [3.63, 3.8) is 0 Å². The Morgan fingerprint density at radius 3 is 2.67 bits per heavy atom. The third-order valence-corrected chi connectivity index (χ3v) is 6.19. The summed E-state index contributed by atoms with van der Waals surface area (Å²) in [6, 6.07) is 0. The van der Waals surface area contributed by atoms with Gasteiger partial charge in [0.15, 0.2) is 0 Å². The molecule has 0 nitrogen and oxygen atoms in total. The van der Waals surface area contributed by atoms with E-state index >= 15 is 0 Å². The van der Waals surface area contributed by atoms with Gasteiger partial charge in [0.2, 0.25) is 0 Å². The van der Waals surface area contributed by atoms with Gasteiger partial charge in [-0.2, -0.15) is 0 Å². The summed E-state index contributed by atoms with van der Waals surface area (Å²) in [6.45, 7) is 7.51. The van der Waals surface area contributed by atoms with E-state index in [1.807, 2.05) is 0 Å². The second-order valence-corrected chi connectivity index (χ2v) is 5.90. The summed E-state index contributed by atoms with van der Waals surface area (Å²) in [5.74, 6) is 1.09. The Hall–Kier alpha value is 0. The Morgan fingerprint density at radius 2 is 2.00 bits per heavy atom. The Balaban J connectivity index is 2.02. The zero-order valence-corrected chi connectivity index (χ0v) is 8.61. The van der Waals surface area contributed by atoms with Crippen LogP contribution >= 0.6 is 0 Å². The van der Waals surface area contributed by atoms with E-state index in [4.69, 9.17) is 0 Å². The fourth-order valence-electron chi connectivity index (χ4n) is 5.60. The van der Waals surface area contributed by atoms with Crippen LogP contribution in [0.15, 0.2) is 0 Å². The summed E-state index contributed by atoms with van der Waals surface area (Å²) in [5, 5.41) is 0. The van der Waals surface area contributed by atoms with Crippen molar-refractivity contribution in [2.45, 2.75) is 52.9 Å². The highest BCUT2D eigenvalue weighted by atomic mass is 14.9. The lowest BCUT2D eigenvalue weighted by atomic mass is 9.18. The lowest BCUT2D eigenvalue weighted by Gasteiger charge is -2.86. The van der Waals surface area contributed by atoms with Crippen LogP contribution in [-0.4, -0.2) is 0 Å². The molecule has 4 saturated carbocycles. The average Bonchev–Trinajstić information content (AvgIpc) is 2.25. The van der Waals surface area contributed by atoms with E-state index in [0.29, 0.717) is 0 Å². The highest BCUT2D eigenvalue weighted by molar-refractivity contribution is 5.33. The van der Waals surface area contributed by atoms with Crippen LogP contribution in [0.4, 0.5) is 0 Å². The largest absolute Gasteiger partial charge is 0.0651 e. The van der Waals surface area contributed by atoms with Crippen molar-refractivity contribution in [2.24, 2.45) is 22.2 Å². The Bertz CT molecular complexity index is 244. The molecule has 4 rings (SSSR count). The highest BCUT2D eigenvalue weighted by Gasteiger charge is 2.85. The maximum Gasteiger partial charge on any atom is -0.0199 e. The van der Waals surface area contributed by atoms with Crippen LogP contribution in [0.25, 0.3) is 0 Å². The minimum Gasteiger partial charge on any atom is -0.0651 e. The van der Waals surface area contributed by atoms with Gasteiger partial charge in [0, 0.05) is 0 Å².